The van der Waals surface area contributed by atoms with Gasteiger partial charge in [-0.15, -0.1) is 0 Å². The zero-order valence-corrected chi connectivity index (χ0v) is 29.8. The van der Waals surface area contributed by atoms with Crippen molar-refractivity contribution >= 4 is 113 Å². The molecule has 0 atom stereocenters. The quantitative estimate of drug-likeness (QED) is 0.258. The summed E-state index contributed by atoms with van der Waals surface area (Å²) in [5.74, 6) is 0. The molecule has 2 aromatic rings. The van der Waals surface area contributed by atoms with Crippen molar-refractivity contribution in [3.05, 3.63) is 7.65 Å². The Labute approximate surface area is 267 Å². The molecule has 0 fully saturated rings. The maximum Gasteiger partial charge on any atom is 1.00 e. The zero-order chi connectivity index (χ0) is 11.7. The van der Waals surface area contributed by atoms with Gasteiger partial charge in [-0.05, 0) is 0 Å². The van der Waals surface area contributed by atoms with Gasteiger partial charge in [-0.25, -0.2) is 0 Å². The van der Waals surface area contributed by atoms with E-state index in [1.807, 2.05) is 0 Å². The first-order valence-electron chi connectivity index (χ1n) is 3.54. The fourth-order valence-electron chi connectivity index (χ4n) is 0.689. The Bertz CT molecular complexity index is 548. The summed E-state index contributed by atoms with van der Waals surface area (Å²) in [5.41, 5.74) is 0. The molecule has 0 aliphatic carbocycles. The fourth-order valence-corrected chi connectivity index (χ4v) is 11.1. The molecule has 0 spiro atoms. The first kappa shape index (κ1) is 23.8. The van der Waals surface area contributed by atoms with Crippen LogP contribution in [0.25, 0.3) is 0 Å². The van der Waals surface area contributed by atoms with Crippen molar-refractivity contribution in [2.75, 3.05) is 0 Å². The van der Waals surface area contributed by atoms with Gasteiger partial charge in [-0.2, -0.15) is 20.7 Å². The zero-order valence-electron chi connectivity index (χ0n) is 9.08. The van der Waals surface area contributed by atoms with Crippen LogP contribution in [0.4, 0.5) is 0 Å². The number of rotatable bonds is 3. The smallest absolute Gasteiger partial charge is 0.426 e. The molecule has 0 saturated carbocycles. The second-order valence-electron chi connectivity index (χ2n) is 2.31. The Morgan fingerprint density at radius 3 is 1.28 bits per heavy atom. The fraction of sp³-hybridized carbons (Fsp3) is 0. The van der Waals surface area contributed by atoms with E-state index in [-0.39, 0.29) is 138 Å². The molecule has 0 saturated heterocycles. The van der Waals surface area contributed by atoms with Crippen LogP contribution in [0.2, 0.25) is 0 Å². The predicted octanol–water partition coefficient (Wildman–Crippen LogP) is 0.0106. The summed E-state index contributed by atoms with van der Waals surface area (Å²) in [4.78, 5) is 2.01. The Morgan fingerprint density at radius 2 is 1.06 bits per heavy atom. The van der Waals surface area contributed by atoms with Gasteiger partial charge in [0.1, 0.15) is 0 Å². The third-order valence-corrected chi connectivity index (χ3v) is 12.0. The first-order chi connectivity index (χ1) is 7.59. The van der Waals surface area contributed by atoms with E-state index in [2.05, 4.69) is 0 Å². The predicted molar refractivity (Wildman–Crippen MR) is 89.0 cm³/mol. The van der Waals surface area contributed by atoms with E-state index in [0.29, 0.717) is 0 Å². The largest absolute Gasteiger partial charge is 1.00 e. The van der Waals surface area contributed by atoms with E-state index >= 15 is 0 Å². The van der Waals surface area contributed by atoms with Gasteiger partial charge in [0.15, 0.2) is 0 Å². The molecule has 2 rings (SSSR count). The average Bonchev–Trinajstić information content (AvgIpc) is 2.72. The van der Waals surface area contributed by atoms with E-state index in [4.69, 9.17) is 49.7 Å². The van der Waals surface area contributed by atoms with Crippen LogP contribution in [0.5, 0.6) is 0 Å². The number of hydrogen-bond donors (Lipinski definition) is 0. The molecule has 0 aliphatic heterocycles. The van der Waals surface area contributed by atoms with E-state index in [9.17, 15) is 0 Å². The second-order valence-corrected chi connectivity index (χ2v) is 11.4. The maximum atomic E-state index is 5.21. The molecular weight excluding hydrogens is 659 g/mol. The van der Waals surface area contributed by atoms with Gasteiger partial charge in [0.05, 0.1) is 7.65 Å². The summed E-state index contributed by atoms with van der Waals surface area (Å²) in [6.07, 6.45) is 0. The van der Waals surface area contributed by atoms with Crippen LogP contribution >= 0.6 is 87.4 Å². The normalized spacial score (nSPS) is 9.56. The molecule has 2 heterocycles. The van der Waals surface area contributed by atoms with Crippen LogP contribution in [0, 0.1) is 7.65 Å². The van der Waals surface area contributed by atoms with Crippen LogP contribution in [0.15, 0.2) is 18.2 Å². The standard InChI is InChI=1S/C6H2S10.2Cs/c7-3-1(4(8)14-13-3)11-12-2-5(9)15-16-6(2)10;;/h7,9H;;/q;2*+1/p-2. The average molecular weight is 659 g/mol. The first-order valence-corrected chi connectivity index (χ1v) is 11.6. The minimum Gasteiger partial charge on any atom is -0.426 e. The third-order valence-electron chi connectivity index (χ3n) is 1.34. The second kappa shape index (κ2) is 12.2. The van der Waals surface area contributed by atoms with E-state index < -0.39 is 0 Å². The van der Waals surface area contributed by atoms with Crippen LogP contribution in [0.3, 0.4) is 0 Å². The van der Waals surface area contributed by atoms with Crippen LogP contribution < -0.4 is 138 Å². The molecule has 0 amide bonds. The Balaban J connectivity index is 0.00000144. The molecular formula is C6Cs2S10. The van der Waals surface area contributed by atoms with Crippen molar-refractivity contribution in [3.8, 4) is 0 Å². The van der Waals surface area contributed by atoms with Gasteiger partial charge in [0.25, 0.3) is 0 Å². The molecule has 0 aliphatic rings. The van der Waals surface area contributed by atoms with E-state index in [0.717, 1.165) is 25.9 Å². The molecule has 0 N–H and O–H groups in total. The van der Waals surface area contributed by atoms with Crippen LogP contribution in [-0.2, 0) is 25.3 Å². The molecule has 0 unspecified atom stereocenters. The van der Waals surface area contributed by atoms with Crippen molar-refractivity contribution in [1.82, 2.24) is 0 Å². The van der Waals surface area contributed by atoms with Gasteiger partial charge in [-0.3, -0.25) is 0 Å². The van der Waals surface area contributed by atoms with E-state index in [1.165, 1.54) is 0 Å². The molecule has 0 aromatic carbocycles. The summed E-state index contributed by atoms with van der Waals surface area (Å²) in [5, 5.41) is 0. The summed E-state index contributed by atoms with van der Waals surface area (Å²) >= 11 is 20.9. The summed E-state index contributed by atoms with van der Waals surface area (Å²) in [6, 6.07) is 0. The van der Waals surface area contributed by atoms with Crippen molar-refractivity contribution < 1.29 is 138 Å². The number of hydrogen-bond acceptors (Lipinski definition) is 10. The van der Waals surface area contributed by atoms with Gasteiger partial charge in [0, 0.05) is 9.79 Å². The Morgan fingerprint density at radius 1 is 0.722 bits per heavy atom. The third kappa shape index (κ3) is 6.95. The van der Waals surface area contributed by atoms with Crippen LogP contribution in [0.1, 0.15) is 0 Å². The van der Waals surface area contributed by atoms with Gasteiger partial charge in [0.2, 0.25) is 0 Å². The molecule has 18 heavy (non-hydrogen) atoms. The van der Waals surface area contributed by atoms with Crippen LogP contribution in [-0.4, -0.2) is 0 Å². The topological polar surface area (TPSA) is 0 Å². The SMILES string of the molecule is S=c1ssc([S-])c1SSc1c([S-])ssc1=S.[Cs+].[Cs+]. The summed E-state index contributed by atoms with van der Waals surface area (Å²) in [6.45, 7) is 0. The van der Waals surface area contributed by atoms with Crippen molar-refractivity contribution in [2.24, 2.45) is 0 Å². The summed E-state index contributed by atoms with van der Waals surface area (Å²) < 4.78 is 3.46. The minimum atomic E-state index is 0. The minimum absolute atomic E-state index is 0. The van der Waals surface area contributed by atoms with Gasteiger partial charge in [-0.1, -0.05) is 54.4 Å². The molecule has 2 aromatic heterocycles. The maximum absolute atomic E-state index is 5.21. The molecule has 0 nitrogen and oxygen atoms in total. The Kier molecular flexibility index (Phi) is 16.1. The van der Waals surface area contributed by atoms with Gasteiger partial charge >= 0.3 is 138 Å². The van der Waals surface area contributed by atoms with E-state index in [1.54, 1.807) is 62.9 Å². The molecule has 86 valence electrons. The molecule has 0 radical (unpaired) electrons. The monoisotopic (exact) mass is 658 g/mol. The van der Waals surface area contributed by atoms with Crippen molar-refractivity contribution in [1.29, 1.82) is 0 Å². The molecule has 0 bridgehead atoms. The summed E-state index contributed by atoms with van der Waals surface area (Å²) in [7, 11) is 9.34. The molecule has 12 heteroatoms. The Hall–Kier alpha value is 5.78. The van der Waals surface area contributed by atoms with Crippen molar-refractivity contribution in [3.63, 3.8) is 0 Å². The van der Waals surface area contributed by atoms with Crippen molar-refractivity contribution in [2.45, 2.75) is 18.2 Å². The van der Waals surface area contributed by atoms with Gasteiger partial charge < -0.3 is 45.9 Å².